The van der Waals surface area contributed by atoms with Crippen LogP contribution in [0.15, 0.2) is 36.4 Å². The second kappa shape index (κ2) is 8.86. The summed E-state index contributed by atoms with van der Waals surface area (Å²) >= 11 is 5.97. The van der Waals surface area contributed by atoms with Gasteiger partial charge in [-0.1, -0.05) is 41.4 Å². The quantitative estimate of drug-likeness (QED) is 0.730. The molecule has 2 aromatic rings. The van der Waals surface area contributed by atoms with E-state index in [-0.39, 0.29) is 5.91 Å². The molecule has 0 heterocycles. The van der Waals surface area contributed by atoms with Gasteiger partial charge in [0.15, 0.2) is 0 Å². The zero-order valence-corrected chi connectivity index (χ0v) is 15.3. The number of hydrogen-bond acceptors (Lipinski definition) is 2. The van der Waals surface area contributed by atoms with Gasteiger partial charge in [-0.2, -0.15) is 0 Å². The molecular weight excluding hydrogens is 320 g/mol. The maximum Gasteiger partial charge on any atom is 0.225 e. The van der Waals surface area contributed by atoms with E-state index in [9.17, 15) is 4.79 Å². The van der Waals surface area contributed by atoms with Crippen molar-refractivity contribution in [1.29, 1.82) is 0 Å². The number of hydrogen-bond donors (Lipinski definition) is 2. The minimum atomic E-state index is 0.0420. The van der Waals surface area contributed by atoms with Gasteiger partial charge < -0.3 is 10.6 Å². The third-order valence-electron chi connectivity index (χ3n) is 3.95. The molecule has 0 fully saturated rings. The van der Waals surface area contributed by atoms with E-state index in [1.54, 1.807) is 0 Å². The Balaban J connectivity index is 1.72. The number of benzene rings is 2. The second-order valence-electron chi connectivity index (χ2n) is 6.20. The molecule has 0 radical (unpaired) electrons. The van der Waals surface area contributed by atoms with E-state index in [2.05, 4.69) is 35.8 Å². The van der Waals surface area contributed by atoms with Crippen LogP contribution in [0.4, 0.5) is 5.69 Å². The molecule has 0 aromatic heterocycles. The van der Waals surface area contributed by atoms with E-state index in [4.69, 9.17) is 11.6 Å². The van der Waals surface area contributed by atoms with Crippen LogP contribution in [0.25, 0.3) is 0 Å². The van der Waals surface area contributed by atoms with Gasteiger partial charge in [0.2, 0.25) is 5.91 Å². The van der Waals surface area contributed by atoms with Crippen molar-refractivity contribution in [1.82, 2.24) is 5.32 Å². The lowest BCUT2D eigenvalue weighted by Gasteiger charge is -2.13. The summed E-state index contributed by atoms with van der Waals surface area (Å²) in [5.74, 6) is 0.0420. The van der Waals surface area contributed by atoms with Gasteiger partial charge in [-0.25, -0.2) is 0 Å². The first kappa shape index (κ1) is 18.5. The largest absolute Gasteiger partial charge is 0.326 e. The van der Waals surface area contributed by atoms with Crippen LogP contribution in [0.3, 0.4) is 0 Å². The van der Waals surface area contributed by atoms with Gasteiger partial charge in [-0.3, -0.25) is 4.79 Å². The van der Waals surface area contributed by atoms with Gasteiger partial charge in [-0.05, 0) is 62.6 Å². The molecule has 0 bridgehead atoms. The highest BCUT2D eigenvalue weighted by atomic mass is 35.5. The molecule has 0 atom stereocenters. The minimum Gasteiger partial charge on any atom is -0.326 e. The maximum atomic E-state index is 12.1. The zero-order chi connectivity index (χ0) is 17.5. The summed E-state index contributed by atoms with van der Waals surface area (Å²) in [5.41, 5.74) is 5.56. The first-order valence-corrected chi connectivity index (χ1v) is 8.66. The van der Waals surface area contributed by atoms with Crippen LogP contribution in [-0.4, -0.2) is 19.0 Å². The fraction of sp³-hybridized carbons (Fsp3) is 0.350. The third kappa shape index (κ3) is 5.66. The highest BCUT2D eigenvalue weighted by Gasteiger charge is 2.08. The lowest BCUT2D eigenvalue weighted by atomic mass is 10.1. The first-order chi connectivity index (χ1) is 11.5. The normalized spacial score (nSPS) is 10.7. The summed E-state index contributed by atoms with van der Waals surface area (Å²) in [5, 5.41) is 7.09. The van der Waals surface area contributed by atoms with Crippen molar-refractivity contribution < 1.29 is 4.79 Å². The Bertz CT molecular complexity index is 690. The van der Waals surface area contributed by atoms with Crippen LogP contribution in [0.5, 0.6) is 0 Å². The lowest BCUT2D eigenvalue weighted by molar-refractivity contribution is -0.116. The minimum absolute atomic E-state index is 0.0420. The van der Waals surface area contributed by atoms with Gasteiger partial charge in [0.05, 0.1) is 0 Å². The Kier molecular flexibility index (Phi) is 6.83. The predicted molar refractivity (Wildman–Crippen MR) is 102 cm³/mol. The molecule has 2 aromatic carbocycles. The molecule has 4 heteroatoms. The average Bonchev–Trinajstić information content (AvgIpc) is 2.50. The summed E-state index contributed by atoms with van der Waals surface area (Å²) in [6, 6.07) is 12.0. The van der Waals surface area contributed by atoms with Crippen LogP contribution < -0.4 is 10.6 Å². The third-order valence-corrected chi connectivity index (χ3v) is 4.18. The summed E-state index contributed by atoms with van der Waals surface area (Å²) < 4.78 is 0. The predicted octanol–water partition coefficient (Wildman–Crippen LogP) is 4.43. The van der Waals surface area contributed by atoms with Crippen LogP contribution in [0.2, 0.25) is 5.02 Å². The van der Waals surface area contributed by atoms with E-state index in [1.165, 1.54) is 11.1 Å². The van der Waals surface area contributed by atoms with E-state index in [1.807, 2.05) is 32.0 Å². The molecule has 0 saturated heterocycles. The van der Waals surface area contributed by atoms with Crippen molar-refractivity contribution in [3.8, 4) is 0 Å². The molecule has 128 valence electrons. The van der Waals surface area contributed by atoms with Crippen molar-refractivity contribution in [3.05, 3.63) is 63.7 Å². The van der Waals surface area contributed by atoms with Crippen LogP contribution in [-0.2, 0) is 11.2 Å². The maximum absolute atomic E-state index is 12.1. The summed E-state index contributed by atoms with van der Waals surface area (Å²) in [6.45, 7) is 7.61. The fourth-order valence-electron chi connectivity index (χ4n) is 2.83. The van der Waals surface area contributed by atoms with Crippen molar-refractivity contribution in [2.75, 3.05) is 18.4 Å². The molecule has 0 aliphatic rings. The van der Waals surface area contributed by atoms with E-state index >= 15 is 0 Å². The topological polar surface area (TPSA) is 41.1 Å². The molecule has 2 rings (SSSR count). The highest BCUT2D eigenvalue weighted by molar-refractivity contribution is 6.30. The van der Waals surface area contributed by atoms with Gasteiger partial charge in [0, 0.05) is 23.7 Å². The van der Waals surface area contributed by atoms with Crippen molar-refractivity contribution in [2.24, 2.45) is 0 Å². The molecular formula is C20H25ClN2O. The molecule has 0 unspecified atom stereocenters. The van der Waals surface area contributed by atoms with Gasteiger partial charge in [-0.15, -0.1) is 0 Å². The summed E-state index contributed by atoms with van der Waals surface area (Å²) in [4.78, 5) is 12.1. The summed E-state index contributed by atoms with van der Waals surface area (Å²) in [6.07, 6.45) is 1.36. The van der Waals surface area contributed by atoms with Gasteiger partial charge in [0.25, 0.3) is 0 Å². The molecule has 24 heavy (non-hydrogen) atoms. The second-order valence-corrected chi connectivity index (χ2v) is 6.64. The standard InChI is InChI=1S/C20H25ClN2O/c1-14-11-15(2)20(16(3)12-14)23-19(24)8-10-22-9-7-17-5-4-6-18(21)13-17/h4-6,11-13,22H,7-10H2,1-3H3,(H,23,24). The van der Waals surface area contributed by atoms with Gasteiger partial charge >= 0.3 is 0 Å². The van der Waals surface area contributed by atoms with E-state index in [0.29, 0.717) is 13.0 Å². The SMILES string of the molecule is Cc1cc(C)c(NC(=O)CCNCCc2cccc(Cl)c2)c(C)c1. The Labute approximate surface area is 149 Å². The first-order valence-electron chi connectivity index (χ1n) is 8.28. The van der Waals surface area contributed by atoms with Crippen LogP contribution in [0, 0.1) is 20.8 Å². The molecule has 0 saturated carbocycles. The number of carbonyl (C=O) groups is 1. The van der Waals surface area contributed by atoms with Crippen LogP contribution in [0.1, 0.15) is 28.7 Å². The molecule has 3 nitrogen and oxygen atoms in total. The Morgan fingerprint density at radius 3 is 2.42 bits per heavy atom. The molecule has 2 N–H and O–H groups in total. The number of nitrogens with one attached hydrogen (secondary N) is 2. The smallest absolute Gasteiger partial charge is 0.225 e. The lowest BCUT2D eigenvalue weighted by Crippen LogP contribution is -2.24. The number of halogens is 1. The monoisotopic (exact) mass is 344 g/mol. The number of carbonyl (C=O) groups excluding carboxylic acids is 1. The van der Waals surface area contributed by atoms with E-state index in [0.717, 1.165) is 34.8 Å². The van der Waals surface area contributed by atoms with E-state index < -0.39 is 0 Å². The van der Waals surface area contributed by atoms with Crippen LogP contribution >= 0.6 is 11.6 Å². The molecule has 0 aliphatic heterocycles. The number of aryl methyl sites for hydroxylation is 3. The number of rotatable bonds is 7. The van der Waals surface area contributed by atoms with Crippen molar-refractivity contribution >= 4 is 23.2 Å². The summed E-state index contributed by atoms with van der Waals surface area (Å²) in [7, 11) is 0. The number of anilines is 1. The molecule has 0 spiro atoms. The Morgan fingerprint density at radius 1 is 1.04 bits per heavy atom. The fourth-order valence-corrected chi connectivity index (χ4v) is 3.04. The van der Waals surface area contributed by atoms with Gasteiger partial charge in [0.1, 0.15) is 0 Å². The molecule has 0 aliphatic carbocycles. The Morgan fingerprint density at radius 2 is 1.75 bits per heavy atom. The van der Waals surface area contributed by atoms with Crippen molar-refractivity contribution in [3.63, 3.8) is 0 Å². The zero-order valence-electron chi connectivity index (χ0n) is 14.6. The average molecular weight is 345 g/mol. The van der Waals surface area contributed by atoms with Crippen molar-refractivity contribution in [2.45, 2.75) is 33.6 Å². The Hall–Kier alpha value is -1.84. The molecule has 1 amide bonds. The number of amides is 1. The highest BCUT2D eigenvalue weighted by Crippen LogP contribution is 2.21.